The summed E-state index contributed by atoms with van der Waals surface area (Å²) in [4.78, 5) is 7.24. The summed E-state index contributed by atoms with van der Waals surface area (Å²) >= 11 is 0. The third kappa shape index (κ3) is 5.88. The molecule has 0 aliphatic heterocycles. The van der Waals surface area contributed by atoms with Crippen molar-refractivity contribution in [2.75, 3.05) is 4.90 Å². The van der Waals surface area contributed by atoms with Crippen LogP contribution in [0, 0.1) is 0 Å². The summed E-state index contributed by atoms with van der Waals surface area (Å²) in [5.74, 6) is 0.608. The highest BCUT2D eigenvalue weighted by Gasteiger charge is 2.23. The van der Waals surface area contributed by atoms with E-state index in [0.717, 1.165) is 94.1 Å². The summed E-state index contributed by atoms with van der Waals surface area (Å²) in [5.41, 5.74) is 14.2. The molecule has 12 aromatic rings. The maximum atomic E-state index is 6.75. The number of nitrogens with zero attached hydrogens (tertiary/aromatic N) is 2. The van der Waals surface area contributed by atoms with E-state index in [4.69, 9.17) is 13.8 Å². The van der Waals surface area contributed by atoms with Crippen LogP contribution >= 0.6 is 0 Å². The Morgan fingerprint density at radius 2 is 1.02 bits per heavy atom. The maximum absolute atomic E-state index is 6.75. The number of para-hydroxylation sites is 2. The number of rotatable bonds is 7. The van der Waals surface area contributed by atoms with Gasteiger partial charge in [-0.3, -0.25) is 0 Å². The average Bonchev–Trinajstić information content (AvgIpc) is 3.94. The zero-order chi connectivity index (χ0) is 40.3. The van der Waals surface area contributed by atoms with Crippen LogP contribution in [0.3, 0.4) is 0 Å². The van der Waals surface area contributed by atoms with Gasteiger partial charge in [0, 0.05) is 44.2 Å². The Balaban J connectivity index is 1.06. The van der Waals surface area contributed by atoms with Crippen LogP contribution in [-0.2, 0) is 0 Å². The summed E-state index contributed by atoms with van der Waals surface area (Å²) in [6.07, 6.45) is 0. The standard InChI is InChI=1S/C57H36N2O2/c1-4-15-37(16-5-1)38-27-30-43(31-28-38)59(42-20-8-3-9-21-42)51-33-32-48(46-23-12-13-24-47(46)51)54-44-22-11-10-19-40(44)36-53-55(54)49-35-41(29-34-52(49)60-53)45-25-14-26-50-56(45)61-57(58-50)39-17-6-2-7-18-39/h1-36H. The molecule has 0 saturated carbocycles. The van der Waals surface area contributed by atoms with Crippen molar-refractivity contribution in [1.82, 2.24) is 4.98 Å². The highest BCUT2D eigenvalue weighted by molar-refractivity contribution is 6.24. The molecule has 286 valence electrons. The van der Waals surface area contributed by atoms with Gasteiger partial charge in [0.2, 0.25) is 5.89 Å². The first-order valence-electron chi connectivity index (χ1n) is 20.6. The first-order valence-corrected chi connectivity index (χ1v) is 20.6. The van der Waals surface area contributed by atoms with Crippen LogP contribution in [0.2, 0.25) is 0 Å². The number of oxazole rings is 1. The lowest BCUT2D eigenvalue weighted by Crippen LogP contribution is -2.10. The van der Waals surface area contributed by atoms with Gasteiger partial charge in [-0.15, -0.1) is 0 Å². The van der Waals surface area contributed by atoms with Crippen molar-refractivity contribution in [3.8, 4) is 44.8 Å². The molecule has 0 saturated heterocycles. The van der Waals surface area contributed by atoms with Gasteiger partial charge in [-0.2, -0.15) is 0 Å². The van der Waals surface area contributed by atoms with Crippen molar-refractivity contribution in [1.29, 1.82) is 0 Å². The van der Waals surface area contributed by atoms with Crippen LogP contribution in [0.15, 0.2) is 227 Å². The van der Waals surface area contributed by atoms with E-state index in [1.54, 1.807) is 0 Å². The summed E-state index contributed by atoms with van der Waals surface area (Å²) in [7, 11) is 0. The third-order valence-corrected chi connectivity index (χ3v) is 11.9. The molecule has 0 aliphatic rings. The van der Waals surface area contributed by atoms with Crippen LogP contribution in [0.4, 0.5) is 17.1 Å². The molecule has 0 spiro atoms. The number of anilines is 3. The summed E-state index contributed by atoms with van der Waals surface area (Å²) in [6, 6.07) is 77.0. The van der Waals surface area contributed by atoms with Crippen molar-refractivity contribution in [3.05, 3.63) is 218 Å². The largest absolute Gasteiger partial charge is 0.456 e. The monoisotopic (exact) mass is 780 g/mol. The van der Waals surface area contributed by atoms with E-state index >= 15 is 0 Å². The van der Waals surface area contributed by atoms with Crippen molar-refractivity contribution in [2.24, 2.45) is 0 Å². The quantitative estimate of drug-likeness (QED) is 0.162. The summed E-state index contributed by atoms with van der Waals surface area (Å²) in [5, 5.41) is 6.73. The number of benzene rings is 10. The average molecular weight is 781 g/mol. The predicted molar refractivity (Wildman–Crippen MR) is 253 cm³/mol. The Labute approximate surface area is 352 Å². The Morgan fingerprint density at radius 3 is 1.80 bits per heavy atom. The smallest absolute Gasteiger partial charge is 0.227 e. The number of fused-ring (bicyclic) bond motifs is 6. The molecule has 0 bridgehead atoms. The molecule has 12 rings (SSSR count). The van der Waals surface area contributed by atoms with E-state index in [0.29, 0.717) is 5.89 Å². The molecule has 0 atom stereocenters. The molecule has 0 fully saturated rings. The Kier molecular flexibility index (Phi) is 8.13. The molecule has 0 N–H and O–H groups in total. The molecule has 2 aromatic heterocycles. The molecule has 0 aliphatic carbocycles. The number of aromatic nitrogens is 1. The van der Waals surface area contributed by atoms with Gasteiger partial charge < -0.3 is 13.7 Å². The van der Waals surface area contributed by atoms with Gasteiger partial charge >= 0.3 is 0 Å². The van der Waals surface area contributed by atoms with E-state index in [9.17, 15) is 0 Å². The van der Waals surface area contributed by atoms with Gasteiger partial charge in [-0.25, -0.2) is 4.98 Å². The normalized spacial score (nSPS) is 11.6. The number of furan rings is 1. The van der Waals surface area contributed by atoms with E-state index in [1.807, 2.05) is 36.4 Å². The highest BCUT2D eigenvalue weighted by Crippen LogP contribution is 2.48. The van der Waals surface area contributed by atoms with Crippen LogP contribution in [-0.4, -0.2) is 4.98 Å². The molecule has 10 aromatic carbocycles. The fourth-order valence-electron chi connectivity index (χ4n) is 9.06. The zero-order valence-electron chi connectivity index (χ0n) is 33.0. The molecule has 0 amide bonds. The Hall–Kier alpha value is -8.21. The van der Waals surface area contributed by atoms with E-state index < -0.39 is 0 Å². The molecular formula is C57H36N2O2. The van der Waals surface area contributed by atoms with Crippen LogP contribution < -0.4 is 4.90 Å². The molecule has 0 unspecified atom stereocenters. The van der Waals surface area contributed by atoms with Gasteiger partial charge in [-0.05, 0) is 105 Å². The number of hydrogen-bond acceptors (Lipinski definition) is 4. The fraction of sp³-hybridized carbons (Fsp3) is 0. The molecular weight excluding hydrogens is 745 g/mol. The first kappa shape index (κ1) is 34.8. The lowest BCUT2D eigenvalue weighted by molar-refractivity contribution is 0.621. The van der Waals surface area contributed by atoms with Gasteiger partial charge in [-0.1, -0.05) is 152 Å². The topological polar surface area (TPSA) is 42.4 Å². The van der Waals surface area contributed by atoms with Crippen molar-refractivity contribution in [3.63, 3.8) is 0 Å². The predicted octanol–water partition coefficient (Wildman–Crippen LogP) is 16.2. The van der Waals surface area contributed by atoms with Gasteiger partial charge in [0.25, 0.3) is 0 Å². The lowest BCUT2D eigenvalue weighted by Gasteiger charge is -2.28. The highest BCUT2D eigenvalue weighted by atomic mass is 16.3. The third-order valence-electron chi connectivity index (χ3n) is 11.9. The minimum Gasteiger partial charge on any atom is -0.456 e. The molecule has 4 heteroatoms. The van der Waals surface area contributed by atoms with Gasteiger partial charge in [0.1, 0.15) is 16.7 Å². The first-order chi connectivity index (χ1) is 30.2. The summed E-state index contributed by atoms with van der Waals surface area (Å²) in [6.45, 7) is 0. The Morgan fingerprint density at radius 1 is 0.377 bits per heavy atom. The second-order valence-electron chi connectivity index (χ2n) is 15.5. The maximum Gasteiger partial charge on any atom is 0.227 e. The van der Waals surface area contributed by atoms with E-state index in [2.05, 4.69) is 187 Å². The van der Waals surface area contributed by atoms with E-state index in [1.165, 1.54) is 16.5 Å². The van der Waals surface area contributed by atoms with Crippen molar-refractivity contribution >= 4 is 71.6 Å². The molecule has 2 heterocycles. The van der Waals surface area contributed by atoms with Crippen LogP contribution in [0.1, 0.15) is 0 Å². The zero-order valence-corrected chi connectivity index (χ0v) is 33.0. The fourth-order valence-corrected chi connectivity index (χ4v) is 9.06. The van der Waals surface area contributed by atoms with Crippen LogP contribution in [0.25, 0.3) is 99.4 Å². The summed E-state index contributed by atoms with van der Waals surface area (Å²) < 4.78 is 13.3. The second-order valence-corrected chi connectivity index (χ2v) is 15.5. The Bertz CT molecular complexity index is 3570. The van der Waals surface area contributed by atoms with Crippen LogP contribution in [0.5, 0.6) is 0 Å². The van der Waals surface area contributed by atoms with E-state index in [-0.39, 0.29) is 0 Å². The van der Waals surface area contributed by atoms with Crippen molar-refractivity contribution in [2.45, 2.75) is 0 Å². The van der Waals surface area contributed by atoms with Crippen molar-refractivity contribution < 1.29 is 8.83 Å². The lowest BCUT2D eigenvalue weighted by atomic mass is 9.89. The SMILES string of the molecule is c1ccc(-c2ccc(N(c3ccccc3)c3ccc(-c4c5ccccc5cc5oc6ccc(-c7cccc8nc(-c9ccccc9)oc78)cc6c45)c4ccccc34)cc2)cc1. The molecule has 0 radical (unpaired) electrons. The minimum absolute atomic E-state index is 0.608. The van der Waals surface area contributed by atoms with Gasteiger partial charge in [0.05, 0.1) is 5.69 Å². The second kappa shape index (κ2) is 14.3. The number of hydrogen-bond donors (Lipinski definition) is 0. The van der Waals surface area contributed by atoms with Gasteiger partial charge in [0.15, 0.2) is 5.58 Å². The molecule has 4 nitrogen and oxygen atoms in total. The minimum atomic E-state index is 0.608. The molecule has 61 heavy (non-hydrogen) atoms.